The van der Waals surface area contributed by atoms with E-state index in [9.17, 15) is 9.59 Å². The first kappa shape index (κ1) is 16.8. The van der Waals surface area contributed by atoms with E-state index in [2.05, 4.69) is 0 Å². The fourth-order valence-corrected chi connectivity index (χ4v) is 2.67. The van der Waals surface area contributed by atoms with Gasteiger partial charge in [0.2, 0.25) is 0 Å². The van der Waals surface area contributed by atoms with Crippen molar-refractivity contribution in [2.45, 2.75) is 44.4 Å². The van der Waals surface area contributed by atoms with Crippen LogP contribution in [0.1, 0.15) is 49.9 Å². The van der Waals surface area contributed by atoms with Gasteiger partial charge in [0.15, 0.2) is 5.78 Å². The van der Waals surface area contributed by atoms with Crippen molar-refractivity contribution >= 4 is 23.5 Å². The third kappa shape index (κ3) is 6.75. The topological polar surface area (TPSA) is 43.4 Å². The number of hydrogen-bond acceptors (Lipinski definition) is 4. The van der Waals surface area contributed by atoms with Crippen LogP contribution in [0.5, 0.6) is 0 Å². The Balaban J connectivity index is 2.12. The molecular weight excluding hydrogens is 272 g/mol. The Kier molecular flexibility index (Phi) is 8.04. The summed E-state index contributed by atoms with van der Waals surface area (Å²) in [4.78, 5) is 23.5. The normalized spacial score (nSPS) is 10.3. The number of unbranched alkanes of at least 4 members (excludes halogenated alkanes) is 2. The molecule has 0 bridgehead atoms. The molecule has 20 heavy (non-hydrogen) atoms. The lowest BCUT2D eigenvalue weighted by atomic mass is 10.2. The van der Waals surface area contributed by atoms with Crippen LogP contribution in [0, 0.1) is 0 Å². The van der Waals surface area contributed by atoms with Crippen LogP contribution < -0.4 is 0 Å². The fourth-order valence-electron chi connectivity index (χ4n) is 1.76. The maximum atomic E-state index is 11.1. The highest BCUT2D eigenvalue weighted by Crippen LogP contribution is 2.20. The second-order valence-corrected chi connectivity index (χ2v) is 5.71. The zero-order valence-electron chi connectivity index (χ0n) is 12.2. The predicted octanol–water partition coefficient (Wildman–Crippen LogP) is 4.10. The molecule has 1 aromatic carbocycles. The Morgan fingerprint density at radius 3 is 2.40 bits per heavy atom. The molecule has 0 heterocycles. The second kappa shape index (κ2) is 9.59. The van der Waals surface area contributed by atoms with Gasteiger partial charge in [-0.1, -0.05) is 18.6 Å². The zero-order chi connectivity index (χ0) is 14.8. The predicted molar refractivity (Wildman–Crippen MR) is 82.3 cm³/mol. The van der Waals surface area contributed by atoms with Gasteiger partial charge in [-0.2, -0.15) is 0 Å². The highest BCUT2D eigenvalue weighted by atomic mass is 32.2. The monoisotopic (exact) mass is 294 g/mol. The van der Waals surface area contributed by atoms with E-state index in [0.29, 0.717) is 13.0 Å². The van der Waals surface area contributed by atoms with E-state index < -0.39 is 0 Å². The van der Waals surface area contributed by atoms with Crippen LogP contribution in [0.15, 0.2) is 29.2 Å². The van der Waals surface area contributed by atoms with Crippen LogP contribution >= 0.6 is 11.8 Å². The molecule has 0 amide bonds. The molecule has 0 aliphatic rings. The minimum atomic E-state index is -0.0972. The number of carbonyl (C=O) groups excluding carboxylic acids is 2. The van der Waals surface area contributed by atoms with Crippen LogP contribution in [0.2, 0.25) is 0 Å². The van der Waals surface area contributed by atoms with Gasteiger partial charge < -0.3 is 4.74 Å². The van der Waals surface area contributed by atoms with Crippen LogP contribution in [0.25, 0.3) is 0 Å². The van der Waals surface area contributed by atoms with Crippen molar-refractivity contribution in [3.8, 4) is 0 Å². The molecule has 4 heteroatoms. The average Bonchev–Trinajstić information content (AvgIpc) is 2.43. The van der Waals surface area contributed by atoms with Gasteiger partial charge in [-0.05, 0) is 44.6 Å². The Morgan fingerprint density at radius 2 is 1.80 bits per heavy atom. The lowest BCUT2D eigenvalue weighted by molar-refractivity contribution is -0.143. The summed E-state index contributed by atoms with van der Waals surface area (Å²) in [6.45, 7) is 3.86. The maximum absolute atomic E-state index is 11.1. The summed E-state index contributed by atoms with van der Waals surface area (Å²) in [5.74, 6) is 1.03. The van der Waals surface area contributed by atoms with Gasteiger partial charge in [-0.15, -0.1) is 11.8 Å². The maximum Gasteiger partial charge on any atom is 0.305 e. The summed E-state index contributed by atoms with van der Waals surface area (Å²) >= 11 is 1.78. The summed E-state index contributed by atoms with van der Waals surface area (Å²) in [6.07, 6.45) is 3.53. The number of ketones is 1. The number of esters is 1. The smallest absolute Gasteiger partial charge is 0.305 e. The van der Waals surface area contributed by atoms with Crippen molar-refractivity contribution < 1.29 is 14.3 Å². The largest absolute Gasteiger partial charge is 0.466 e. The first-order valence-electron chi connectivity index (χ1n) is 7.03. The fraction of sp³-hybridized carbons (Fsp3) is 0.500. The minimum Gasteiger partial charge on any atom is -0.466 e. The van der Waals surface area contributed by atoms with Gasteiger partial charge in [0, 0.05) is 16.9 Å². The summed E-state index contributed by atoms with van der Waals surface area (Å²) in [6, 6.07) is 7.71. The Labute approximate surface area is 125 Å². The van der Waals surface area contributed by atoms with E-state index in [4.69, 9.17) is 4.74 Å². The van der Waals surface area contributed by atoms with E-state index in [1.807, 2.05) is 31.2 Å². The summed E-state index contributed by atoms with van der Waals surface area (Å²) in [5.41, 5.74) is 0.754. The van der Waals surface area contributed by atoms with Crippen molar-refractivity contribution in [1.29, 1.82) is 0 Å². The molecule has 0 atom stereocenters. The van der Waals surface area contributed by atoms with Gasteiger partial charge in [0.25, 0.3) is 0 Å². The number of rotatable bonds is 9. The Hall–Kier alpha value is -1.29. The lowest BCUT2D eigenvalue weighted by Gasteiger charge is -2.03. The van der Waals surface area contributed by atoms with E-state index >= 15 is 0 Å². The SMILES string of the molecule is CCOC(=O)CCCCCSc1ccc(C(C)=O)cc1. The number of hydrogen-bond donors (Lipinski definition) is 0. The lowest BCUT2D eigenvalue weighted by Crippen LogP contribution is -2.03. The third-order valence-corrected chi connectivity index (χ3v) is 3.96. The third-order valence-electron chi connectivity index (χ3n) is 2.86. The molecule has 0 aromatic heterocycles. The molecule has 0 saturated heterocycles. The molecule has 1 rings (SSSR count). The van der Waals surface area contributed by atoms with Crippen LogP contribution in [0.4, 0.5) is 0 Å². The van der Waals surface area contributed by atoms with E-state index in [1.165, 1.54) is 4.90 Å². The molecule has 0 fully saturated rings. The molecule has 110 valence electrons. The summed E-state index contributed by atoms with van der Waals surface area (Å²) < 4.78 is 4.88. The Morgan fingerprint density at radius 1 is 1.10 bits per heavy atom. The molecule has 0 spiro atoms. The molecule has 3 nitrogen and oxygen atoms in total. The van der Waals surface area contributed by atoms with Gasteiger partial charge in [0.05, 0.1) is 6.61 Å². The molecular formula is C16H22O3S. The quantitative estimate of drug-likeness (QED) is 0.297. The highest BCUT2D eigenvalue weighted by Gasteiger charge is 2.02. The van der Waals surface area contributed by atoms with Gasteiger partial charge in [-0.3, -0.25) is 9.59 Å². The highest BCUT2D eigenvalue weighted by molar-refractivity contribution is 7.99. The van der Waals surface area contributed by atoms with Crippen molar-refractivity contribution in [1.82, 2.24) is 0 Å². The van der Waals surface area contributed by atoms with E-state index in [1.54, 1.807) is 18.7 Å². The van der Waals surface area contributed by atoms with Crippen molar-refractivity contribution in [3.63, 3.8) is 0 Å². The number of ether oxygens (including phenoxy) is 1. The number of benzene rings is 1. The molecule has 0 aliphatic heterocycles. The first-order valence-corrected chi connectivity index (χ1v) is 8.01. The summed E-state index contributed by atoms with van der Waals surface area (Å²) in [5, 5.41) is 0. The first-order chi connectivity index (χ1) is 9.63. The van der Waals surface area contributed by atoms with Crippen molar-refractivity contribution in [2.24, 2.45) is 0 Å². The molecule has 0 radical (unpaired) electrons. The van der Waals surface area contributed by atoms with Crippen molar-refractivity contribution in [3.05, 3.63) is 29.8 Å². The minimum absolute atomic E-state index is 0.0972. The van der Waals surface area contributed by atoms with Crippen LogP contribution in [-0.4, -0.2) is 24.1 Å². The standard InChI is InChI=1S/C16H22O3S/c1-3-19-16(18)7-5-4-6-12-20-15-10-8-14(9-11-15)13(2)17/h8-11H,3-7,12H2,1-2H3. The number of thioether (sulfide) groups is 1. The molecule has 0 N–H and O–H groups in total. The zero-order valence-corrected chi connectivity index (χ0v) is 13.0. The van der Waals surface area contributed by atoms with Crippen LogP contribution in [0.3, 0.4) is 0 Å². The Bertz CT molecular complexity index is 426. The molecule has 1 aromatic rings. The number of carbonyl (C=O) groups is 2. The van der Waals surface area contributed by atoms with Gasteiger partial charge >= 0.3 is 5.97 Å². The molecule has 0 aliphatic carbocycles. The molecule has 0 unspecified atom stereocenters. The van der Waals surface area contributed by atoms with E-state index in [-0.39, 0.29) is 11.8 Å². The second-order valence-electron chi connectivity index (χ2n) is 4.54. The molecule has 0 saturated carbocycles. The van der Waals surface area contributed by atoms with Crippen LogP contribution in [-0.2, 0) is 9.53 Å². The average molecular weight is 294 g/mol. The van der Waals surface area contributed by atoms with Gasteiger partial charge in [0.1, 0.15) is 0 Å². The van der Waals surface area contributed by atoms with E-state index in [0.717, 1.165) is 30.6 Å². The van der Waals surface area contributed by atoms with Gasteiger partial charge in [-0.25, -0.2) is 0 Å². The summed E-state index contributed by atoms with van der Waals surface area (Å²) in [7, 11) is 0. The van der Waals surface area contributed by atoms with Crippen molar-refractivity contribution in [2.75, 3.05) is 12.4 Å². The number of Topliss-reactive ketones (excluding diaryl/α,β-unsaturated/α-hetero) is 1.